The fraction of sp³-hybridized carbons (Fsp3) is 0.667. The first-order valence-electron chi connectivity index (χ1n) is 8.78. The van der Waals surface area contributed by atoms with Gasteiger partial charge in [0.25, 0.3) is 5.91 Å². The summed E-state index contributed by atoms with van der Waals surface area (Å²) in [6.07, 6.45) is 10.2. The lowest BCUT2D eigenvalue weighted by Crippen LogP contribution is -2.51. The summed E-state index contributed by atoms with van der Waals surface area (Å²) < 4.78 is 23.7. The second-order valence-electron chi connectivity index (χ2n) is 8.23. The van der Waals surface area contributed by atoms with Crippen LogP contribution in [0.25, 0.3) is 0 Å². The van der Waals surface area contributed by atoms with Crippen LogP contribution in [0.4, 0.5) is 0 Å². The molecule has 5 nitrogen and oxygen atoms in total. The Hall–Kier alpha value is -1.43. The quantitative estimate of drug-likeness (QED) is 0.907. The minimum Gasteiger partial charge on any atom is -0.351 e. The van der Waals surface area contributed by atoms with Gasteiger partial charge in [0.05, 0.1) is 5.56 Å². The molecular weight excluding hydrogens is 324 g/mol. The maximum Gasteiger partial charge on any atom is 0.254 e. The molecule has 1 N–H and O–H groups in total. The smallest absolute Gasteiger partial charge is 0.254 e. The lowest BCUT2D eigenvalue weighted by Gasteiger charge is -2.56. The van der Waals surface area contributed by atoms with Crippen molar-refractivity contribution in [1.82, 2.24) is 10.3 Å². The number of amides is 1. The first kappa shape index (κ1) is 16.1. The fourth-order valence-corrected chi connectivity index (χ4v) is 6.54. The highest BCUT2D eigenvalue weighted by molar-refractivity contribution is 7.90. The summed E-state index contributed by atoms with van der Waals surface area (Å²) in [6.45, 7) is 0.660. The minimum atomic E-state index is -3.51. The first-order chi connectivity index (χ1) is 11.3. The lowest BCUT2D eigenvalue weighted by molar-refractivity contribution is -0.0503. The second kappa shape index (κ2) is 5.55. The molecule has 0 saturated heterocycles. The van der Waals surface area contributed by atoms with Gasteiger partial charge in [0.1, 0.15) is 0 Å². The van der Waals surface area contributed by atoms with E-state index in [0.29, 0.717) is 6.54 Å². The molecule has 4 fully saturated rings. The topological polar surface area (TPSA) is 76.1 Å². The van der Waals surface area contributed by atoms with E-state index in [1.54, 1.807) is 12.1 Å². The Bertz CT molecular complexity index is 737. The van der Waals surface area contributed by atoms with E-state index in [1.165, 1.54) is 44.7 Å². The van der Waals surface area contributed by atoms with E-state index in [2.05, 4.69) is 10.3 Å². The Morgan fingerprint density at radius 1 is 1.21 bits per heavy atom. The number of hydrogen-bond acceptors (Lipinski definition) is 4. The summed E-state index contributed by atoms with van der Waals surface area (Å²) in [6, 6.07) is 3.15. The van der Waals surface area contributed by atoms with Crippen molar-refractivity contribution < 1.29 is 13.2 Å². The van der Waals surface area contributed by atoms with Gasteiger partial charge < -0.3 is 5.32 Å². The number of hydrogen-bond donors (Lipinski definition) is 1. The molecule has 130 valence electrons. The van der Waals surface area contributed by atoms with Gasteiger partial charge in [-0.1, -0.05) is 0 Å². The third-order valence-corrected chi connectivity index (χ3v) is 7.18. The average molecular weight is 348 g/mol. The lowest BCUT2D eigenvalue weighted by atomic mass is 9.49. The van der Waals surface area contributed by atoms with Crippen LogP contribution in [0.15, 0.2) is 23.4 Å². The third kappa shape index (κ3) is 2.85. The van der Waals surface area contributed by atoms with Crippen molar-refractivity contribution in [2.45, 2.75) is 43.6 Å². The second-order valence-corrected chi connectivity index (χ2v) is 10.2. The molecule has 0 atom stereocenters. The number of pyridine rings is 1. The fourth-order valence-electron chi connectivity index (χ4n) is 5.73. The molecule has 6 heteroatoms. The number of carbonyl (C=O) groups is 1. The Morgan fingerprint density at radius 2 is 1.79 bits per heavy atom. The molecule has 4 saturated carbocycles. The largest absolute Gasteiger partial charge is 0.351 e. The van der Waals surface area contributed by atoms with E-state index in [-0.39, 0.29) is 21.9 Å². The Morgan fingerprint density at radius 3 is 2.33 bits per heavy atom. The van der Waals surface area contributed by atoms with Gasteiger partial charge in [-0.3, -0.25) is 4.79 Å². The monoisotopic (exact) mass is 348 g/mol. The summed E-state index contributed by atoms with van der Waals surface area (Å²) in [5.74, 6) is 2.17. The highest BCUT2D eigenvalue weighted by Gasteiger charge is 2.50. The molecule has 0 spiro atoms. The molecule has 0 aliphatic heterocycles. The van der Waals surface area contributed by atoms with Crippen molar-refractivity contribution >= 4 is 15.7 Å². The zero-order valence-electron chi connectivity index (χ0n) is 14.0. The van der Waals surface area contributed by atoms with E-state index >= 15 is 0 Å². The van der Waals surface area contributed by atoms with Gasteiger partial charge in [-0.05, 0) is 73.8 Å². The molecule has 4 aliphatic carbocycles. The van der Waals surface area contributed by atoms with Crippen molar-refractivity contribution in [3.8, 4) is 0 Å². The van der Waals surface area contributed by atoms with Gasteiger partial charge in [0.2, 0.25) is 0 Å². The Kier molecular flexibility index (Phi) is 3.71. The van der Waals surface area contributed by atoms with Crippen LogP contribution in [0.3, 0.4) is 0 Å². The number of sulfone groups is 1. The number of nitrogens with one attached hydrogen (secondary N) is 1. The predicted octanol–water partition coefficient (Wildman–Crippen LogP) is 2.43. The molecule has 0 unspecified atom stereocenters. The van der Waals surface area contributed by atoms with Crippen molar-refractivity contribution in [2.75, 3.05) is 12.8 Å². The normalized spacial score (nSPS) is 34.3. The van der Waals surface area contributed by atoms with Crippen LogP contribution < -0.4 is 5.32 Å². The zero-order valence-corrected chi connectivity index (χ0v) is 14.8. The first-order valence-corrected chi connectivity index (χ1v) is 10.7. The number of carbonyl (C=O) groups excluding carboxylic acids is 1. The molecule has 0 aromatic carbocycles. The van der Waals surface area contributed by atoms with Crippen LogP contribution in [-0.2, 0) is 9.84 Å². The maximum absolute atomic E-state index is 12.6. The maximum atomic E-state index is 12.6. The molecule has 5 rings (SSSR count). The highest BCUT2D eigenvalue weighted by Crippen LogP contribution is 2.59. The van der Waals surface area contributed by atoms with E-state index in [1.807, 2.05) is 0 Å². The molecule has 1 aromatic rings. The molecule has 1 amide bonds. The molecule has 0 radical (unpaired) electrons. The van der Waals surface area contributed by atoms with Crippen LogP contribution in [0.1, 0.15) is 48.9 Å². The summed E-state index contributed by atoms with van der Waals surface area (Å²) in [7, 11) is -3.51. The highest BCUT2D eigenvalue weighted by atomic mass is 32.2. The standard InChI is InChI=1S/C18H24N2O3S/c1-24(22,23)17-15(3-2-4-19-17)16(21)20-11-18-8-12-5-13(9-18)7-14(6-12)10-18/h2-4,12-14H,5-11H2,1H3,(H,20,21). The molecule has 1 aromatic heterocycles. The van der Waals surface area contributed by atoms with Crippen molar-refractivity contribution in [3.63, 3.8) is 0 Å². The van der Waals surface area contributed by atoms with Gasteiger partial charge >= 0.3 is 0 Å². The molecule has 24 heavy (non-hydrogen) atoms. The van der Waals surface area contributed by atoms with E-state index in [4.69, 9.17) is 0 Å². The van der Waals surface area contributed by atoms with Gasteiger partial charge in [-0.25, -0.2) is 13.4 Å². The average Bonchev–Trinajstić information content (AvgIpc) is 2.50. The van der Waals surface area contributed by atoms with Crippen LogP contribution >= 0.6 is 0 Å². The SMILES string of the molecule is CS(=O)(=O)c1ncccc1C(=O)NCC12CC3CC(CC(C3)C1)C2. The van der Waals surface area contributed by atoms with Crippen LogP contribution in [0.5, 0.6) is 0 Å². The summed E-state index contributed by atoms with van der Waals surface area (Å²) in [5, 5.41) is 2.89. The zero-order chi connectivity index (χ0) is 16.9. The molecule has 4 aliphatic rings. The predicted molar refractivity (Wildman–Crippen MR) is 90.3 cm³/mol. The summed E-state index contributed by atoms with van der Waals surface area (Å²) >= 11 is 0. The molecule has 1 heterocycles. The molecular formula is C18H24N2O3S. The van der Waals surface area contributed by atoms with Crippen molar-refractivity contribution in [3.05, 3.63) is 23.9 Å². The van der Waals surface area contributed by atoms with Gasteiger partial charge in [-0.2, -0.15) is 0 Å². The van der Waals surface area contributed by atoms with Gasteiger partial charge in [0, 0.05) is 19.0 Å². The van der Waals surface area contributed by atoms with E-state index < -0.39 is 9.84 Å². The third-order valence-electron chi connectivity index (χ3n) is 6.16. The van der Waals surface area contributed by atoms with Gasteiger partial charge in [-0.15, -0.1) is 0 Å². The minimum absolute atomic E-state index is 0.131. The van der Waals surface area contributed by atoms with Crippen LogP contribution in [0.2, 0.25) is 0 Å². The molecule has 4 bridgehead atoms. The van der Waals surface area contributed by atoms with Crippen LogP contribution in [0, 0.1) is 23.2 Å². The Balaban J connectivity index is 1.50. The summed E-state index contributed by atoms with van der Waals surface area (Å²) in [5.41, 5.74) is 0.391. The van der Waals surface area contributed by atoms with Gasteiger partial charge in [0.15, 0.2) is 14.9 Å². The number of aromatic nitrogens is 1. The van der Waals surface area contributed by atoms with Crippen LogP contribution in [-0.4, -0.2) is 32.1 Å². The summed E-state index contributed by atoms with van der Waals surface area (Å²) in [4.78, 5) is 16.5. The number of rotatable bonds is 4. The number of nitrogens with zero attached hydrogens (tertiary/aromatic N) is 1. The van der Waals surface area contributed by atoms with Crippen molar-refractivity contribution in [2.24, 2.45) is 23.2 Å². The van der Waals surface area contributed by atoms with Crippen molar-refractivity contribution in [1.29, 1.82) is 0 Å². The van der Waals surface area contributed by atoms with E-state index in [0.717, 1.165) is 24.0 Å². The van der Waals surface area contributed by atoms with E-state index in [9.17, 15) is 13.2 Å². The Labute approximate surface area is 143 Å².